The molecule has 1 aliphatic heterocycles. The first kappa shape index (κ1) is 16.2. The zero-order valence-electron chi connectivity index (χ0n) is 12.2. The number of benzene rings is 1. The second-order valence-corrected chi connectivity index (χ2v) is 7.36. The van der Waals surface area contributed by atoms with Gasteiger partial charge in [0.05, 0.1) is 5.69 Å². The van der Waals surface area contributed by atoms with Crippen molar-refractivity contribution in [2.45, 2.75) is 33.2 Å². The summed E-state index contributed by atoms with van der Waals surface area (Å²) >= 11 is 2.01. The van der Waals surface area contributed by atoms with Gasteiger partial charge < -0.3 is 10.2 Å². The zero-order chi connectivity index (χ0) is 15.8. The highest BCUT2D eigenvalue weighted by Gasteiger charge is 2.38. The first-order valence-electron chi connectivity index (χ1n) is 6.76. The molecule has 0 aliphatic carbocycles. The Kier molecular flexibility index (Phi) is 4.55. The Balaban J connectivity index is 2.42. The molecule has 1 aromatic rings. The monoisotopic (exact) mass is 404 g/mol. The highest BCUT2D eigenvalue weighted by Crippen LogP contribution is 2.29. The Morgan fingerprint density at radius 2 is 2.00 bits per heavy atom. The van der Waals surface area contributed by atoms with E-state index in [0.29, 0.717) is 15.8 Å². The Morgan fingerprint density at radius 1 is 1.33 bits per heavy atom. The standard InChI is InChI=1S/C15H18FIN2O2/c1-15(2,3)13-14(21)19(7-6-12(20)18-13)11-5-4-9(16)8-10(11)17/h4-5,8,13H,6-7H2,1-3H3,(H,18,20). The molecule has 114 valence electrons. The van der Waals surface area contributed by atoms with Crippen LogP contribution in [0.2, 0.25) is 0 Å². The molecule has 1 N–H and O–H groups in total. The summed E-state index contributed by atoms with van der Waals surface area (Å²) in [5.74, 6) is -0.632. The van der Waals surface area contributed by atoms with E-state index in [1.54, 1.807) is 11.0 Å². The molecule has 1 aromatic carbocycles. The van der Waals surface area contributed by atoms with Crippen molar-refractivity contribution in [3.8, 4) is 0 Å². The molecule has 6 heteroatoms. The average Bonchev–Trinajstić information content (AvgIpc) is 2.50. The van der Waals surface area contributed by atoms with Gasteiger partial charge in [-0.25, -0.2) is 4.39 Å². The maximum atomic E-state index is 13.2. The summed E-state index contributed by atoms with van der Waals surface area (Å²) in [4.78, 5) is 26.2. The molecule has 1 heterocycles. The molecular weight excluding hydrogens is 386 g/mol. The van der Waals surface area contributed by atoms with E-state index in [-0.39, 0.29) is 29.5 Å². The maximum absolute atomic E-state index is 13.2. The highest BCUT2D eigenvalue weighted by molar-refractivity contribution is 14.1. The second kappa shape index (κ2) is 5.90. The molecule has 2 amide bonds. The average molecular weight is 404 g/mol. The number of hydrogen-bond donors (Lipinski definition) is 1. The smallest absolute Gasteiger partial charge is 0.250 e. The van der Waals surface area contributed by atoms with Crippen LogP contribution in [0.1, 0.15) is 27.2 Å². The number of carbonyl (C=O) groups excluding carboxylic acids is 2. The number of rotatable bonds is 1. The van der Waals surface area contributed by atoms with Crippen LogP contribution in [0.15, 0.2) is 18.2 Å². The van der Waals surface area contributed by atoms with Crippen LogP contribution in [0.25, 0.3) is 0 Å². The molecule has 0 bridgehead atoms. The van der Waals surface area contributed by atoms with Crippen molar-refractivity contribution < 1.29 is 14.0 Å². The van der Waals surface area contributed by atoms with Gasteiger partial charge in [-0.15, -0.1) is 0 Å². The van der Waals surface area contributed by atoms with Crippen LogP contribution in [0.3, 0.4) is 0 Å². The fraction of sp³-hybridized carbons (Fsp3) is 0.467. The van der Waals surface area contributed by atoms with E-state index in [1.165, 1.54) is 12.1 Å². The lowest BCUT2D eigenvalue weighted by atomic mass is 9.86. The number of nitrogens with zero attached hydrogens (tertiary/aromatic N) is 1. The third-order valence-electron chi connectivity index (χ3n) is 3.45. The van der Waals surface area contributed by atoms with Gasteiger partial charge in [-0.1, -0.05) is 20.8 Å². The van der Waals surface area contributed by atoms with E-state index < -0.39 is 6.04 Å². The van der Waals surface area contributed by atoms with Crippen molar-refractivity contribution in [2.24, 2.45) is 5.41 Å². The fourth-order valence-electron chi connectivity index (χ4n) is 2.30. The Labute approximate surface area is 137 Å². The minimum absolute atomic E-state index is 0.136. The topological polar surface area (TPSA) is 49.4 Å². The summed E-state index contributed by atoms with van der Waals surface area (Å²) in [6.45, 7) is 6.04. The molecule has 21 heavy (non-hydrogen) atoms. The summed E-state index contributed by atoms with van der Waals surface area (Å²) in [5.41, 5.74) is 0.258. The van der Waals surface area contributed by atoms with Gasteiger partial charge in [-0.2, -0.15) is 0 Å². The number of anilines is 1. The minimum atomic E-state index is -0.589. The van der Waals surface area contributed by atoms with Crippen LogP contribution in [0, 0.1) is 14.8 Å². The van der Waals surface area contributed by atoms with Crippen molar-refractivity contribution in [3.63, 3.8) is 0 Å². The second-order valence-electron chi connectivity index (χ2n) is 6.20. The number of carbonyl (C=O) groups is 2. The van der Waals surface area contributed by atoms with Crippen LogP contribution in [-0.2, 0) is 9.59 Å². The molecule has 1 aliphatic rings. The molecule has 0 radical (unpaired) electrons. The summed E-state index contributed by atoms with van der Waals surface area (Å²) < 4.78 is 13.9. The molecule has 0 saturated carbocycles. The largest absolute Gasteiger partial charge is 0.344 e. The van der Waals surface area contributed by atoms with Crippen LogP contribution >= 0.6 is 22.6 Å². The number of hydrogen-bond acceptors (Lipinski definition) is 2. The highest BCUT2D eigenvalue weighted by atomic mass is 127. The van der Waals surface area contributed by atoms with Crippen LogP contribution in [0.5, 0.6) is 0 Å². The van der Waals surface area contributed by atoms with Gasteiger partial charge in [0.15, 0.2) is 0 Å². The first-order valence-corrected chi connectivity index (χ1v) is 7.84. The zero-order valence-corrected chi connectivity index (χ0v) is 14.4. The van der Waals surface area contributed by atoms with Gasteiger partial charge in [-0.05, 0) is 46.2 Å². The van der Waals surface area contributed by atoms with Gasteiger partial charge in [0.25, 0.3) is 0 Å². The lowest BCUT2D eigenvalue weighted by Gasteiger charge is -2.32. The van der Waals surface area contributed by atoms with Crippen molar-refractivity contribution in [2.75, 3.05) is 11.4 Å². The molecule has 4 nitrogen and oxygen atoms in total. The Bertz CT molecular complexity index is 584. The first-order chi connectivity index (χ1) is 9.70. The lowest BCUT2D eigenvalue weighted by Crippen LogP contribution is -2.52. The summed E-state index contributed by atoms with van der Waals surface area (Å²) in [5, 5.41) is 2.79. The minimum Gasteiger partial charge on any atom is -0.344 e. The van der Waals surface area contributed by atoms with Crippen LogP contribution < -0.4 is 10.2 Å². The molecule has 1 atom stereocenters. The third-order valence-corrected chi connectivity index (χ3v) is 4.31. The van der Waals surface area contributed by atoms with Crippen molar-refractivity contribution in [1.29, 1.82) is 0 Å². The van der Waals surface area contributed by atoms with Gasteiger partial charge in [0.2, 0.25) is 11.8 Å². The maximum Gasteiger partial charge on any atom is 0.250 e. The van der Waals surface area contributed by atoms with E-state index in [0.717, 1.165) is 0 Å². The van der Waals surface area contributed by atoms with E-state index >= 15 is 0 Å². The quantitative estimate of drug-likeness (QED) is 0.732. The van der Waals surface area contributed by atoms with Crippen molar-refractivity contribution in [1.82, 2.24) is 5.32 Å². The lowest BCUT2D eigenvalue weighted by molar-refractivity contribution is -0.127. The van der Waals surface area contributed by atoms with Crippen molar-refractivity contribution in [3.05, 3.63) is 27.6 Å². The molecule has 1 saturated heterocycles. The summed E-state index contributed by atoms with van der Waals surface area (Å²) in [6.07, 6.45) is 0.242. The molecule has 0 spiro atoms. The van der Waals surface area contributed by atoms with Gasteiger partial charge in [0, 0.05) is 16.5 Å². The van der Waals surface area contributed by atoms with Gasteiger partial charge in [0.1, 0.15) is 11.9 Å². The predicted octanol–water partition coefficient (Wildman–Crippen LogP) is 2.70. The van der Waals surface area contributed by atoms with E-state index in [4.69, 9.17) is 0 Å². The molecule has 1 fully saturated rings. The van der Waals surface area contributed by atoms with Crippen LogP contribution in [-0.4, -0.2) is 24.4 Å². The number of amides is 2. The molecule has 0 aromatic heterocycles. The molecule has 2 rings (SSSR count). The summed E-state index contributed by atoms with van der Waals surface area (Å²) in [6, 6.07) is 3.71. The Morgan fingerprint density at radius 3 is 2.57 bits per heavy atom. The number of nitrogens with one attached hydrogen (secondary N) is 1. The van der Waals surface area contributed by atoms with Crippen molar-refractivity contribution >= 4 is 40.1 Å². The fourth-order valence-corrected chi connectivity index (χ4v) is 3.07. The van der Waals surface area contributed by atoms with Crippen LogP contribution in [0.4, 0.5) is 10.1 Å². The van der Waals surface area contributed by atoms with E-state index in [9.17, 15) is 14.0 Å². The third kappa shape index (κ3) is 3.53. The van der Waals surface area contributed by atoms with Gasteiger partial charge in [-0.3, -0.25) is 9.59 Å². The molecular formula is C15H18FIN2O2. The van der Waals surface area contributed by atoms with E-state index in [1.807, 2.05) is 43.4 Å². The van der Waals surface area contributed by atoms with Gasteiger partial charge >= 0.3 is 0 Å². The summed E-state index contributed by atoms with van der Waals surface area (Å²) in [7, 11) is 0. The van der Waals surface area contributed by atoms with E-state index in [2.05, 4.69) is 5.32 Å². The number of halogens is 2. The Hall–Kier alpha value is -1.18. The normalized spacial score (nSPS) is 20.2. The molecule has 1 unspecified atom stereocenters. The predicted molar refractivity (Wildman–Crippen MR) is 87.5 cm³/mol. The SMILES string of the molecule is CC(C)(C)C1NC(=O)CCN(c2ccc(F)cc2I)C1=O.